The molecule has 1 N–H and O–H groups in total. The predicted octanol–water partition coefficient (Wildman–Crippen LogP) is 2.84. The zero-order chi connectivity index (χ0) is 10.6. The highest BCUT2D eigenvalue weighted by Gasteiger charge is 2.13. The molecule has 74 valence electrons. The molecule has 0 aliphatic carbocycles. The van der Waals surface area contributed by atoms with Gasteiger partial charge in [0.25, 0.3) is 0 Å². The summed E-state index contributed by atoms with van der Waals surface area (Å²) in [7, 11) is 0. The van der Waals surface area contributed by atoms with Gasteiger partial charge in [-0.15, -0.1) is 0 Å². The van der Waals surface area contributed by atoms with Gasteiger partial charge in [-0.25, -0.2) is 4.98 Å². The molecule has 0 fully saturated rings. The largest absolute Gasteiger partial charge is 0.396 e. The molecule has 7 heteroatoms. The van der Waals surface area contributed by atoms with E-state index in [1.54, 1.807) is 6.07 Å². The second kappa shape index (κ2) is 5.17. The number of halogens is 2. The molecule has 0 radical (unpaired) electrons. The van der Waals surface area contributed by atoms with E-state index < -0.39 is 6.04 Å². The van der Waals surface area contributed by atoms with Crippen LogP contribution in [0.3, 0.4) is 0 Å². The van der Waals surface area contributed by atoms with Gasteiger partial charge in [0.1, 0.15) is 5.15 Å². The quantitative estimate of drug-likeness (QED) is 0.399. The molecule has 14 heavy (non-hydrogen) atoms. The lowest BCUT2D eigenvalue weighted by Gasteiger charge is -2.09. The molecule has 0 saturated heterocycles. The van der Waals surface area contributed by atoms with Gasteiger partial charge in [0.15, 0.2) is 0 Å². The first-order valence-electron chi connectivity index (χ1n) is 3.65. The van der Waals surface area contributed by atoms with Gasteiger partial charge in [0, 0.05) is 21.1 Å². The number of rotatable bonds is 3. The number of pyridine rings is 1. The van der Waals surface area contributed by atoms with E-state index >= 15 is 0 Å². The van der Waals surface area contributed by atoms with Crippen LogP contribution in [0.2, 0.25) is 5.15 Å². The monoisotopic (exact) mass is 276 g/mol. The van der Waals surface area contributed by atoms with Crippen LogP contribution in [0, 0.1) is 0 Å². The van der Waals surface area contributed by atoms with E-state index in [0.717, 1.165) is 0 Å². The van der Waals surface area contributed by atoms with Gasteiger partial charge in [-0.1, -0.05) is 16.7 Å². The Balaban J connectivity index is 3.14. The lowest BCUT2D eigenvalue weighted by Crippen LogP contribution is -2.02. The summed E-state index contributed by atoms with van der Waals surface area (Å²) in [5.41, 5.74) is 8.76. The van der Waals surface area contributed by atoms with Gasteiger partial charge in [0.2, 0.25) is 0 Å². The van der Waals surface area contributed by atoms with Gasteiger partial charge < -0.3 is 5.11 Å². The molecule has 1 atom stereocenters. The van der Waals surface area contributed by atoms with Crippen molar-refractivity contribution in [2.45, 2.75) is 6.04 Å². The molecule has 1 aromatic rings. The van der Waals surface area contributed by atoms with Gasteiger partial charge in [0.05, 0.1) is 12.6 Å². The van der Waals surface area contributed by atoms with Gasteiger partial charge in [-0.05, 0) is 27.5 Å². The average molecular weight is 278 g/mol. The van der Waals surface area contributed by atoms with Crippen molar-refractivity contribution in [1.29, 1.82) is 0 Å². The number of aliphatic hydroxyl groups excluding tert-OH is 1. The molecular weight excluding hydrogens is 271 g/mol. The van der Waals surface area contributed by atoms with Crippen LogP contribution in [-0.2, 0) is 0 Å². The first kappa shape index (κ1) is 11.3. The van der Waals surface area contributed by atoms with Crippen LogP contribution in [0.25, 0.3) is 10.4 Å². The minimum absolute atomic E-state index is 0.222. The zero-order valence-corrected chi connectivity index (χ0v) is 9.27. The summed E-state index contributed by atoms with van der Waals surface area (Å²) in [6, 6.07) is 0.961. The molecule has 0 bridgehead atoms. The Morgan fingerprint density at radius 2 is 2.50 bits per heavy atom. The standard InChI is InChI=1S/C7H6BrClN4O/c8-4-1-5(7(9)11-2-4)6(3-14)12-13-10/h1-2,6,14H,3H2. The number of nitrogens with zero attached hydrogens (tertiary/aromatic N) is 4. The van der Waals surface area contributed by atoms with E-state index in [-0.39, 0.29) is 11.8 Å². The van der Waals surface area contributed by atoms with Crippen molar-refractivity contribution in [1.82, 2.24) is 4.98 Å². The summed E-state index contributed by atoms with van der Waals surface area (Å²) in [6.07, 6.45) is 1.52. The van der Waals surface area contributed by atoms with E-state index in [1.165, 1.54) is 6.20 Å². The van der Waals surface area contributed by atoms with Crippen molar-refractivity contribution in [3.8, 4) is 0 Å². The topological polar surface area (TPSA) is 81.9 Å². The molecule has 0 aliphatic heterocycles. The molecule has 0 saturated carbocycles. The third-order valence-electron chi connectivity index (χ3n) is 1.56. The maximum absolute atomic E-state index is 8.96. The molecular formula is C7H6BrClN4O. The number of aromatic nitrogens is 1. The number of hydrogen-bond donors (Lipinski definition) is 1. The molecule has 1 aromatic heterocycles. The first-order valence-corrected chi connectivity index (χ1v) is 4.82. The summed E-state index contributed by atoms with van der Waals surface area (Å²) >= 11 is 8.99. The predicted molar refractivity (Wildman–Crippen MR) is 55.9 cm³/mol. The fourth-order valence-corrected chi connectivity index (χ4v) is 1.51. The van der Waals surface area contributed by atoms with Crippen molar-refractivity contribution in [2.24, 2.45) is 5.11 Å². The van der Waals surface area contributed by atoms with Gasteiger partial charge in [-0.2, -0.15) is 0 Å². The van der Waals surface area contributed by atoms with E-state index in [9.17, 15) is 0 Å². The molecule has 1 heterocycles. The molecule has 1 unspecified atom stereocenters. The second-order valence-corrected chi connectivity index (χ2v) is 3.71. The zero-order valence-electron chi connectivity index (χ0n) is 6.93. The third kappa shape index (κ3) is 2.59. The van der Waals surface area contributed by atoms with Crippen molar-refractivity contribution < 1.29 is 5.11 Å². The van der Waals surface area contributed by atoms with Gasteiger partial charge in [-0.3, -0.25) is 0 Å². The summed E-state index contributed by atoms with van der Waals surface area (Å²) in [5, 5.41) is 12.6. The van der Waals surface area contributed by atoms with E-state index in [1.807, 2.05) is 0 Å². The highest BCUT2D eigenvalue weighted by Crippen LogP contribution is 2.26. The molecule has 5 nitrogen and oxygen atoms in total. The number of azide groups is 1. The lowest BCUT2D eigenvalue weighted by atomic mass is 10.1. The minimum Gasteiger partial charge on any atom is -0.396 e. The van der Waals surface area contributed by atoms with Crippen LogP contribution < -0.4 is 0 Å². The van der Waals surface area contributed by atoms with Crippen molar-refractivity contribution >= 4 is 27.5 Å². The second-order valence-electron chi connectivity index (χ2n) is 2.44. The van der Waals surface area contributed by atoms with E-state index in [4.69, 9.17) is 22.2 Å². The summed E-state index contributed by atoms with van der Waals surface area (Å²) in [6.45, 7) is -0.304. The fraction of sp³-hybridized carbons (Fsp3) is 0.286. The van der Waals surface area contributed by atoms with E-state index in [0.29, 0.717) is 10.0 Å². The fourth-order valence-electron chi connectivity index (χ4n) is 0.931. The molecule has 0 aliphatic rings. The molecule has 1 rings (SSSR count). The summed E-state index contributed by atoms with van der Waals surface area (Å²) in [4.78, 5) is 6.47. The van der Waals surface area contributed by atoms with Crippen LogP contribution in [0.15, 0.2) is 21.9 Å². The van der Waals surface area contributed by atoms with Crippen LogP contribution in [0.4, 0.5) is 0 Å². The first-order chi connectivity index (χ1) is 6.69. The summed E-state index contributed by atoms with van der Waals surface area (Å²) in [5.74, 6) is 0. The molecule has 0 aromatic carbocycles. The Morgan fingerprint density at radius 3 is 3.07 bits per heavy atom. The van der Waals surface area contributed by atoms with Crippen LogP contribution >= 0.6 is 27.5 Å². The highest BCUT2D eigenvalue weighted by atomic mass is 79.9. The number of hydrogen-bond acceptors (Lipinski definition) is 3. The Morgan fingerprint density at radius 1 is 1.79 bits per heavy atom. The Hall–Kier alpha value is -0.810. The Labute approximate surface area is 93.5 Å². The number of aliphatic hydroxyl groups is 1. The molecule has 0 spiro atoms. The molecule has 0 amide bonds. The minimum atomic E-state index is -0.697. The van der Waals surface area contributed by atoms with Crippen LogP contribution in [0.1, 0.15) is 11.6 Å². The van der Waals surface area contributed by atoms with Gasteiger partial charge >= 0.3 is 0 Å². The van der Waals surface area contributed by atoms with E-state index in [2.05, 4.69) is 30.9 Å². The lowest BCUT2D eigenvalue weighted by molar-refractivity contribution is 0.267. The smallest absolute Gasteiger partial charge is 0.132 e. The maximum Gasteiger partial charge on any atom is 0.132 e. The Kier molecular flexibility index (Phi) is 4.16. The van der Waals surface area contributed by atoms with Crippen LogP contribution in [-0.4, -0.2) is 16.7 Å². The maximum atomic E-state index is 8.96. The average Bonchev–Trinajstić information content (AvgIpc) is 2.18. The highest BCUT2D eigenvalue weighted by molar-refractivity contribution is 9.10. The van der Waals surface area contributed by atoms with Crippen molar-refractivity contribution in [2.75, 3.05) is 6.61 Å². The van der Waals surface area contributed by atoms with Crippen LogP contribution in [0.5, 0.6) is 0 Å². The summed E-state index contributed by atoms with van der Waals surface area (Å²) < 4.78 is 0.712. The SMILES string of the molecule is [N-]=[N+]=NC(CO)c1cc(Br)cnc1Cl. The van der Waals surface area contributed by atoms with Crippen molar-refractivity contribution in [3.63, 3.8) is 0 Å². The third-order valence-corrected chi connectivity index (χ3v) is 2.31. The normalized spacial score (nSPS) is 11.9. The van der Waals surface area contributed by atoms with Crippen molar-refractivity contribution in [3.05, 3.63) is 37.9 Å². The Bertz CT molecular complexity index is 380.